The van der Waals surface area contributed by atoms with Gasteiger partial charge in [-0.15, -0.1) is 0 Å². The van der Waals surface area contributed by atoms with Crippen molar-refractivity contribution in [3.63, 3.8) is 0 Å². The fraction of sp³-hybridized carbons (Fsp3) is 0.423. The molecule has 2 unspecified atom stereocenters. The van der Waals surface area contributed by atoms with Gasteiger partial charge in [0.2, 0.25) is 0 Å². The van der Waals surface area contributed by atoms with E-state index < -0.39 is 0 Å². The predicted molar refractivity (Wildman–Crippen MR) is 114 cm³/mol. The Balaban J connectivity index is 1.60. The molecule has 5 rings (SSSR count). The molecule has 3 nitrogen and oxygen atoms in total. The molecule has 156 valence electrons. The van der Waals surface area contributed by atoms with Gasteiger partial charge in [0.25, 0.3) is 0 Å². The molecule has 5 atom stereocenters. The molecule has 2 saturated heterocycles. The SMILES string of the molecule is CCc1cc(C)cc(CC)c1C1=C(O)[C@@H]2[C@@H]3OC(CC3c3cccc(F)c3)[C@@H]2C1=O. The van der Waals surface area contributed by atoms with Crippen LogP contribution in [-0.2, 0) is 22.4 Å². The van der Waals surface area contributed by atoms with E-state index >= 15 is 0 Å². The van der Waals surface area contributed by atoms with Crippen molar-refractivity contribution in [2.75, 3.05) is 0 Å². The highest BCUT2D eigenvalue weighted by Crippen LogP contribution is 2.58. The Morgan fingerprint density at radius 3 is 2.43 bits per heavy atom. The molecule has 2 heterocycles. The Bertz CT molecular complexity index is 1040. The lowest BCUT2D eigenvalue weighted by Crippen LogP contribution is -2.33. The minimum atomic E-state index is -0.338. The minimum absolute atomic E-state index is 0.00411. The van der Waals surface area contributed by atoms with Gasteiger partial charge in [-0.25, -0.2) is 4.39 Å². The average molecular weight is 406 g/mol. The average Bonchev–Trinajstić information content (AvgIpc) is 3.39. The van der Waals surface area contributed by atoms with Crippen molar-refractivity contribution in [2.24, 2.45) is 11.8 Å². The second-order valence-corrected chi connectivity index (χ2v) is 8.88. The zero-order valence-electron chi connectivity index (χ0n) is 17.6. The lowest BCUT2D eigenvalue weighted by Gasteiger charge is -2.27. The number of benzene rings is 2. The molecule has 0 radical (unpaired) electrons. The molecule has 3 aliphatic rings. The highest BCUT2D eigenvalue weighted by atomic mass is 19.1. The summed E-state index contributed by atoms with van der Waals surface area (Å²) in [6, 6.07) is 10.9. The molecule has 0 aromatic heterocycles. The van der Waals surface area contributed by atoms with E-state index in [-0.39, 0.29) is 47.3 Å². The molecule has 2 aromatic carbocycles. The molecule has 1 aliphatic carbocycles. The molecule has 0 spiro atoms. The maximum absolute atomic E-state index is 13.8. The fourth-order valence-corrected chi connectivity index (χ4v) is 5.99. The quantitative estimate of drug-likeness (QED) is 0.750. The number of Topliss-reactive ketones (excluding diaryl/α,β-unsaturated/α-hetero) is 1. The van der Waals surface area contributed by atoms with Gasteiger partial charge in [0.15, 0.2) is 5.78 Å². The van der Waals surface area contributed by atoms with Crippen LogP contribution in [-0.4, -0.2) is 23.1 Å². The van der Waals surface area contributed by atoms with Gasteiger partial charge < -0.3 is 9.84 Å². The first kappa shape index (κ1) is 19.5. The number of fused-ring (bicyclic) bond motifs is 5. The number of hydrogen-bond acceptors (Lipinski definition) is 3. The lowest BCUT2D eigenvalue weighted by atomic mass is 9.72. The van der Waals surface area contributed by atoms with E-state index in [0.717, 1.165) is 35.1 Å². The number of aliphatic hydroxyl groups excluding tert-OH is 1. The Morgan fingerprint density at radius 1 is 1.10 bits per heavy atom. The number of carbonyl (C=O) groups excluding carboxylic acids is 1. The smallest absolute Gasteiger partial charge is 0.173 e. The lowest BCUT2D eigenvalue weighted by molar-refractivity contribution is -0.118. The summed E-state index contributed by atoms with van der Waals surface area (Å²) in [5, 5.41) is 11.3. The highest BCUT2D eigenvalue weighted by Gasteiger charge is 2.62. The summed E-state index contributed by atoms with van der Waals surface area (Å²) in [5.74, 6) is -0.756. The van der Waals surface area contributed by atoms with Crippen molar-refractivity contribution < 1.29 is 19.0 Å². The van der Waals surface area contributed by atoms with Crippen LogP contribution < -0.4 is 0 Å². The number of hydrogen-bond donors (Lipinski definition) is 1. The van der Waals surface area contributed by atoms with E-state index in [1.807, 2.05) is 6.07 Å². The van der Waals surface area contributed by atoms with E-state index in [9.17, 15) is 14.3 Å². The standard InChI is InChI=1S/C26H27FO3/c1-4-14-9-13(3)10-15(5-2)20(14)22-24(28)21-19-12-18(16-7-6-8-17(27)11-16)26(30-19)23(21)25(22)29/h6-11,18-19,21,23,26,29H,4-5,12H2,1-3H3/t18?,19?,21-,23+,26+/m0/s1. The molecule has 2 aromatic rings. The van der Waals surface area contributed by atoms with E-state index in [1.54, 1.807) is 12.1 Å². The molecule has 30 heavy (non-hydrogen) atoms. The van der Waals surface area contributed by atoms with Crippen molar-refractivity contribution in [1.82, 2.24) is 0 Å². The monoisotopic (exact) mass is 406 g/mol. The van der Waals surface area contributed by atoms with Gasteiger partial charge in [0, 0.05) is 5.92 Å². The van der Waals surface area contributed by atoms with Gasteiger partial charge in [-0.3, -0.25) is 4.79 Å². The van der Waals surface area contributed by atoms with Crippen LogP contribution in [0.3, 0.4) is 0 Å². The zero-order chi connectivity index (χ0) is 21.2. The first-order valence-electron chi connectivity index (χ1n) is 11.0. The molecule has 1 N–H and O–H groups in total. The topological polar surface area (TPSA) is 46.5 Å². The minimum Gasteiger partial charge on any atom is -0.511 e. The summed E-state index contributed by atoms with van der Waals surface area (Å²) in [5.41, 5.74) is 5.69. The van der Waals surface area contributed by atoms with Gasteiger partial charge >= 0.3 is 0 Å². The van der Waals surface area contributed by atoms with Crippen LogP contribution in [0.4, 0.5) is 4.39 Å². The second kappa shape index (κ2) is 7.05. The maximum Gasteiger partial charge on any atom is 0.173 e. The Hall–Kier alpha value is -2.46. The van der Waals surface area contributed by atoms with Gasteiger partial charge in [0.05, 0.1) is 29.6 Å². The number of rotatable bonds is 4. The Kier molecular flexibility index (Phi) is 4.59. The fourth-order valence-electron chi connectivity index (χ4n) is 5.99. The van der Waals surface area contributed by atoms with Gasteiger partial charge in [-0.2, -0.15) is 0 Å². The van der Waals surface area contributed by atoms with Crippen molar-refractivity contribution in [2.45, 2.75) is 58.2 Å². The summed E-state index contributed by atoms with van der Waals surface area (Å²) in [6.45, 7) is 6.24. The Morgan fingerprint density at radius 2 is 1.80 bits per heavy atom. The third-order valence-corrected chi connectivity index (χ3v) is 7.21. The third-order valence-electron chi connectivity index (χ3n) is 7.21. The number of allylic oxidation sites excluding steroid dienone is 1. The largest absolute Gasteiger partial charge is 0.511 e. The summed E-state index contributed by atoms with van der Waals surface area (Å²) in [4.78, 5) is 13.5. The van der Waals surface area contributed by atoms with E-state index in [0.29, 0.717) is 12.0 Å². The molecule has 4 heteroatoms. The number of carbonyl (C=O) groups is 1. The van der Waals surface area contributed by atoms with Crippen molar-refractivity contribution >= 4 is 11.4 Å². The molecule has 0 saturated carbocycles. The highest BCUT2D eigenvalue weighted by molar-refractivity contribution is 6.26. The predicted octanol–water partition coefficient (Wildman–Crippen LogP) is 5.30. The molecular formula is C26H27FO3. The normalized spacial score (nSPS) is 29.7. The van der Waals surface area contributed by atoms with Gasteiger partial charge in [-0.1, -0.05) is 43.7 Å². The van der Waals surface area contributed by atoms with Crippen LogP contribution in [0.1, 0.15) is 54.0 Å². The van der Waals surface area contributed by atoms with E-state index in [4.69, 9.17) is 4.74 Å². The van der Waals surface area contributed by atoms with Crippen LogP contribution >= 0.6 is 0 Å². The molecular weight excluding hydrogens is 379 g/mol. The summed E-state index contributed by atoms with van der Waals surface area (Å²) < 4.78 is 20.0. The van der Waals surface area contributed by atoms with E-state index in [2.05, 4.69) is 32.9 Å². The third kappa shape index (κ3) is 2.70. The van der Waals surface area contributed by atoms with Crippen LogP contribution in [0.25, 0.3) is 5.57 Å². The number of ketones is 1. The zero-order valence-corrected chi connectivity index (χ0v) is 17.6. The van der Waals surface area contributed by atoms with Crippen LogP contribution in [0.5, 0.6) is 0 Å². The molecule has 2 fully saturated rings. The number of ether oxygens (including phenoxy) is 1. The number of halogens is 1. The van der Waals surface area contributed by atoms with Crippen LogP contribution in [0.2, 0.25) is 0 Å². The molecule has 2 bridgehead atoms. The Labute approximate surface area is 176 Å². The summed E-state index contributed by atoms with van der Waals surface area (Å²) in [6.07, 6.45) is 1.79. The number of aliphatic hydroxyl groups is 1. The van der Waals surface area contributed by atoms with Gasteiger partial charge in [-0.05, 0) is 60.6 Å². The summed E-state index contributed by atoms with van der Waals surface area (Å²) in [7, 11) is 0. The second-order valence-electron chi connectivity index (χ2n) is 8.88. The molecule has 0 amide bonds. The van der Waals surface area contributed by atoms with Crippen LogP contribution in [0, 0.1) is 24.6 Å². The van der Waals surface area contributed by atoms with E-state index in [1.165, 1.54) is 11.6 Å². The number of aryl methyl sites for hydroxylation is 3. The van der Waals surface area contributed by atoms with Crippen LogP contribution in [0.15, 0.2) is 42.2 Å². The van der Waals surface area contributed by atoms with Crippen molar-refractivity contribution in [3.8, 4) is 0 Å². The summed E-state index contributed by atoms with van der Waals surface area (Å²) >= 11 is 0. The van der Waals surface area contributed by atoms with Gasteiger partial charge in [0.1, 0.15) is 11.6 Å². The van der Waals surface area contributed by atoms with Crippen molar-refractivity contribution in [1.29, 1.82) is 0 Å². The first-order valence-corrected chi connectivity index (χ1v) is 11.0. The molecule has 2 aliphatic heterocycles. The van der Waals surface area contributed by atoms with Crippen molar-refractivity contribution in [3.05, 3.63) is 75.8 Å². The first-order chi connectivity index (χ1) is 14.4. The maximum atomic E-state index is 13.8.